The van der Waals surface area contributed by atoms with Crippen LogP contribution in [-0.4, -0.2) is 55.5 Å². The fourth-order valence-corrected chi connectivity index (χ4v) is 4.38. The number of halogens is 1. The minimum Gasteiger partial charge on any atom is -0.492 e. The lowest BCUT2D eigenvalue weighted by atomic mass is 9.96. The van der Waals surface area contributed by atoms with Crippen molar-refractivity contribution >= 4 is 23.1 Å². The molecule has 0 spiro atoms. The first-order valence-electron chi connectivity index (χ1n) is 11.0. The van der Waals surface area contributed by atoms with Crippen LogP contribution in [0.3, 0.4) is 0 Å². The first-order valence-corrected chi connectivity index (χ1v) is 11.0. The zero-order valence-corrected chi connectivity index (χ0v) is 18.4. The van der Waals surface area contributed by atoms with Gasteiger partial charge in [0.05, 0.1) is 23.9 Å². The number of aliphatic imine (C=N–C) groups is 2. The van der Waals surface area contributed by atoms with E-state index in [0.717, 1.165) is 55.7 Å². The van der Waals surface area contributed by atoms with E-state index in [0.29, 0.717) is 35.6 Å². The summed E-state index contributed by atoms with van der Waals surface area (Å²) in [6.07, 6.45) is 5.59. The van der Waals surface area contributed by atoms with E-state index >= 15 is 4.39 Å². The van der Waals surface area contributed by atoms with Crippen LogP contribution >= 0.6 is 0 Å². The molecule has 3 aliphatic heterocycles. The summed E-state index contributed by atoms with van der Waals surface area (Å²) in [7, 11) is 1.75. The summed E-state index contributed by atoms with van der Waals surface area (Å²) in [5.41, 5.74) is 3.15. The summed E-state index contributed by atoms with van der Waals surface area (Å²) in [6, 6.07) is 2.44. The number of benzene rings is 1. The second-order valence-corrected chi connectivity index (χ2v) is 8.57. The monoisotopic (exact) mass is 413 g/mol. The molecule has 1 atom stereocenters. The molecule has 0 aliphatic carbocycles. The topological polar surface area (TPSA) is 61.2 Å². The Morgan fingerprint density at radius 2 is 2.20 bits per heavy atom. The Bertz CT molecular complexity index is 905. The Morgan fingerprint density at radius 3 is 2.97 bits per heavy atom. The molecule has 7 heteroatoms. The van der Waals surface area contributed by atoms with Gasteiger partial charge in [-0.25, -0.2) is 9.38 Å². The van der Waals surface area contributed by atoms with Gasteiger partial charge in [-0.15, -0.1) is 0 Å². The largest absolute Gasteiger partial charge is 0.492 e. The molecule has 0 bridgehead atoms. The van der Waals surface area contributed by atoms with Crippen molar-refractivity contribution in [2.75, 3.05) is 32.1 Å². The fourth-order valence-electron chi connectivity index (χ4n) is 4.38. The van der Waals surface area contributed by atoms with Crippen molar-refractivity contribution in [3.05, 3.63) is 29.1 Å². The molecule has 3 aliphatic rings. The van der Waals surface area contributed by atoms with Gasteiger partial charge in [0.1, 0.15) is 11.6 Å². The van der Waals surface area contributed by atoms with Gasteiger partial charge in [0.25, 0.3) is 0 Å². The molecule has 3 heterocycles. The third-order valence-electron chi connectivity index (χ3n) is 6.05. The standard InChI is InChI=1S/C23H32FN5O/c1-14(2)29-9-5-6-16(7-10-29)20-21(24)18(13-17-8-11-30-22(17)20)27-23-26-15(3)12-19(25-4)28-23/h7,13-15H,5-6,8-12H2,1-4H3,(H2,25,26,27,28). The molecule has 4 rings (SSSR count). The summed E-state index contributed by atoms with van der Waals surface area (Å²) < 4.78 is 21.7. The lowest BCUT2D eigenvalue weighted by Crippen LogP contribution is -2.42. The van der Waals surface area contributed by atoms with Gasteiger partial charge in [-0.2, -0.15) is 0 Å². The van der Waals surface area contributed by atoms with Crippen LogP contribution in [0.2, 0.25) is 0 Å². The van der Waals surface area contributed by atoms with Crippen molar-refractivity contribution in [2.45, 2.75) is 58.5 Å². The molecule has 0 fully saturated rings. The number of nitrogens with one attached hydrogen (secondary N) is 2. The minimum atomic E-state index is -0.266. The Morgan fingerprint density at radius 1 is 1.37 bits per heavy atom. The highest BCUT2D eigenvalue weighted by Crippen LogP contribution is 2.41. The average molecular weight is 414 g/mol. The van der Waals surface area contributed by atoms with Crippen LogP contribution < -0.4 is 15.4 Å². The first-order chi connectivity index (χ1) is 14.5. The summed E-state index contributed by atoms with van der Waals surface area (Å²) in [5, 5.41) is 6.36. The lowest BCUT2D eigenvalue weighted by Gasteiger charge is -2.23. The molecule has 2 N–H and O–H groups in total. The number of allylic oxidation sites excluding steroid dienone is 1. The predicted octanol–water partition coefficient (Wildman–Crippen LogP) is 3.83. The average Bonchev–Trinajstić information content (AvgIpc) is 3.02. The van der Waals surface area contributed by atoms with E-state index in [1.807, 2.05) is 13.0 Å². The molecular formula is C23H32FN5O. The third kappa shape index (κ3) is 4.21. The minimum absolute atomic E-state index is 0.0966. The van der Waals surface area contributed by atoms with Crippen molar-refractivity contribution in [1.29, 1.82) is 0 Å². The smallest absolute Gasteiger partial charge is 0.201 e. The van der Waals surface area contributed by atoms with E-state index in [-0.39, 0.29) is 11.9 Å². The van der Waals surface area contributed by atoms with Gasteiger partial charge in [-0.05, 0) is 51.8 Å². The molecule has 6 nitrogen and oxygen atoms in total. The second-order valence-electron chi connectivity index (χ2n) is 8.57. The summed E-state index contributed by atoms with van der Waals surface area (Å²) >= 11 is 0. The Hall–Kier alpha value is -2.41. The van der Waals surface area contributed by atoms with Gasteiger partial charge < -0.3 is 15.4 Å². The molecule has 0 aromatic heterocycles. The number of hydrogen-bond donors (Lipinski definition) is 2. The van der Waals surface area contributed by atoms with Crippen LogP contribution in [-0.2, 0) is 6.42 Å². The van der Waals surface area contributed by atoms with E-state index < -0.39 is 0 Å². The number of amidine groups is 1. The molecule has 0 radical (unpaired) electrons. The fraction of sp³-hybridized carbons (Fsp3) is 0.565. The van der Waals surface area contributed by atoms with Crippen molar-refractivity contribution in [3.63, 3.8) is 0 Å². The number of hydrogen-bond acceptors (Lipinski definition) is 5. The van der Waals surface area contributed by atoms with E-state index in [1.54, 1.807) is 7.05 Å². The molecule has 30 heavy (non-hydrogen) atoms. The van der Waals surface area contributed by atoms with E-state index in [1.165, 1.54) is 0 Å². The van der Waals surface area contributed by atoms with Crippen LogP contribution in [0.25, 0.3) is 5.57 Å². The number of fused-ring (bicyclic) bond motifs is 1. The number of ether oxygens (including phenoxy) is 1. The van der Waals surface area contributed by atoms with Crippen LogP contribution in [0.15, 0.2) is 22.1 Å². The lowest BCUT2D eigenvalue weighted by molar-refractivity contribution is 0.248. The Balaban J connectivity index is 1.69. The van der Waals surface area contributed by atoms with Crippen LogP contribution in [0.1, 0.15) is 51.2 Å². The van der Waals surface area contributed by atoms with Crippen molar-refractivity contribution in [1.82, 2.24) is 10.2 Å². The number of anilines is 1. The van der Waals surface area contributed by atoms with Gasteiger partial charge in [-0.1, -0.05) is 6.08 Å². The van der Waals surface area contributed by atoms with Gasteiger partial charge >= 0.3 is 0 Å². The quantitative estimate of drug-likeness (QED) is 0.791. The van der Waals surface area contributed by atoms with Gasteiger partial charge in [-0.3, -0.25) is 9.89 Å². The number of nitrogens with zero attached hydrogens (tertiary/aromatic N) is 3. The predicted molar refractivity (Wildman–Crippen MR) is 121 cm³/mol. The van der Waals surface area contributed by atoms with E-state index in [9.17, 15) is 0 Å². The number of guanidine groups is 1. The zero-order valence-electron chi connectivity index (χ0n) is 18.4. The highest BCUT2D eigenvalue weighted by molar-refractivity contribution is 6.08. The van der Waals surface area contributed by atoms with Crippen molar-refractivity contribution in [2.24, 2.45) is 9.98 Å². The molecule has 0 saturated heterocycles. The van der Waals surface area contributed by atoms with Crippen molar-refractivity contribution < 1.29 is 9.13 Å². The highest BCUT2D eigenvalue weighted by atomic mass is 19.1. The molecule has 1 aromatic carbocycles. The molecule has 162 valence electrons. The maximum Gasteiger partial charge on any atom is 0.201 e. The van der Waals surface area contributed by atoms with Crippen molar-refractivity contribution in [3.8, 4) is 5.75 Å². The van der Waals surface area contributed by atoms with Gasteiger partial charge in [0, 0.05) is 38.0 Å². The van der Waals surface area contributed by atoms with Crippen LogP contribution in [0.5, 0.6) is 5.75 Å². The van der Waals surface area contributed by atoms with Crippen LogP contribution in [0.4, 0.5) is 10.1 Å². The third-order valence-corrected chi connectivity index (χ3v) is 6.05. The summed E-state index contributed by atoms with van der Waals surface area (Å²) in [4.78, 5) is 11.3. The molecule has 1 unspecified atom stereocenters. The van der Waals surface area contributed by atoms with Gasteiger partial charge in [0.15, 0.2) is 5.82 Å². The normalized spacial score (nSPS) is 23.4. The maximum absolute atomic E-state index is 15.8. The molecule has 0 amide bonds. The highest BCUT2D eigenvalue weighted by Gasteiger charge is 2.27. The molecule has 1 aromatic rings. The molecule has 0 saturated carbocycles. The second kappa shape index (κ2) is 8.76. The van der Waals surface area contributed by atoms with Crippen LogP contribution in [0, 0.1) is 5.82 Å². The first kappa shape index (κ1) is 20.8. The number of rotatable bonds is 3. The van der Waals surface area contributed by atoms with E-state index in [2.05, 4.69) is 45.4 Å². The zero-order chi connectivity index (χ0) is 21.3. The summed E-state index contributed by atoms with van der Waals surface area (Å²) in [5.74, 6) is 1.84. The van der Waals surface area contributed by atoms with Gasteiger partial charge in [0.2, 0.25) is 5.96 Å². The van der Waals surface area contributed by atoms with E-state index in [4.69, 9.17) is 4.74 Å². The Kier molecular flexibility index (Phi) is 6.09. The molecular weight excluding hydrogens is 381 g/mol. The Labute approximate surface area is 178 Å². The summed E-state index contributed by atoms with van der Waals surface area (Å²) in [6.45, 7) is 8.90. The maximum atomic E-state index is 15.8. The SMILES string of the molecule is CN=C1CC(C)N=C(Nc2cc3c(c(C4=CCN(C(C)C)CCC4)c2F)OCC3)N1.